The van der Waals surface area contributed by atoms with Gasteiger partial charge in [-0.25, -0.2) is 4.39 Å². The highest BCUT2D eigenvalue weighted by atomic mass is 32.2. The van der Waals surface area contributed by atoms with E-state index in [0.717, 1.165) is 11.3 Å². The summed E-state index contributed by atoms with van der Waals surface area (Å²) in [6, 6.07) is 11.5. The third-order valence-corrected chi connectivity index (χ3v) is 5.19. The summed E-state index contributed by atoms with van der Waals surface area (Å²) in [5, 5.41) is -0.0893. The van der Waals surface area contributed by atoms with E-state index in [-0.39, 0.29) is 23.9 Å². The Morgan fingerprint density at radius 1 is 1.13 bits per heavy atom. The van der Waals surface area contributed by atoms with Gasteiger partial charge in [0.1, 0.15) is 11.2 Å². The molecule has 0 unspecified atom stereocenters. The molecule has 0 radical (unpaired) electrons. The van der Waals surface area contributed by atoms with Crippen molar-refractivity contribution < 1.29 is 18.7 Å². The quantitative estimate of drug-likeness (QED) is 0.845. The van der Waals surface area contributed by atoms with Gasteiger partial charge in [0.05, 0.1) is 0 Å². The Bertz CT molecular complexity index is 750. The molecule has 2 aromatic carbocycles. The smallest absolute Gasteiger partial charge is 0.255 e. The lowest BCUT2D eigenvalue weighted by molar-refractivity contribution is 0.0760. The zero-order valence-electron chi connectivity index (χ0n) is 12.2. The van der Waals surface area contributed by atoms with Crippen LogP contribution < -0.4 is 9.47 Å². The van der Waals surface area contributed by atoms with Crippen molar-refractivity contribution in [3.8, 4) is 11.5 Å². The Kier molecular flexibility index (Phi) is 3.61. The molecule has 1 atom stereocenters. The van der Waals surface area contributed by atoms with Gasteiger partial charge >= 0.3 is 0 Å². The molecule has 0 bridgehead atoms. The Hall–Kier alpha value is -2.21. The van der Waals surface area contributed by atoms with Crippen LogP contribution in [0, 0.1) is 5.82 Å². The van der Waals surface area contributed by atoms with Crippen LogP contribution in [0.4, 0.5) is 4.39 Å². The lowest BCUT2D eigenvalue weighted by Gasteiger charge is -2.24. The standard InChI is InChI=1S/C17H14FNO3S/c18-13-4-1-11(2-5-13)17-19(7-8-23-17)16(20)12-3-6-14-15(9-12)22-10-21-14/h1-6,9,17H,7-8,10H2/t17-/m0/s1. The number of benzene rings is 2. The van der Waals surface area contributed by atoms with Crippen LogP contribution in [0.2, 0.25) is 0 Å². The van der Waals surface area contributed by atoms with Gasteiger partial charge < -0.3 is 14.4 Å². The van der Waals surface area contributed by atoms with Crippen molar-refractivity contribution in [3.05, 3.63) is 59.4 Å². The number of carbonyl (C=O) groups is 1. The van der Waals surface area contributed by atoms with Crippen LogP contribution in [0.5, 0.6) is 11.5 Å². The lowest BCUT2D eigenvalue weighted by Crippen LogP contribution is -2.30. The number of halogens is 1. The van der Waals surface area contributed by atoms with E-state index in [4.69, 9.17) is 9.47 Å². The zero-order chi connectivity index (χ0) is 15.8. The molecule has 0 saturated carbocycles. The summed E-state index contributed by atoms with van der Waals surface area (Å²) in [5.41, 5.74) is 1.51. The van der Waals surface area contributed by atoms with E-state index in [1.807, 2.05) is 4.90 Å². The van der Waals surface area contributed by atoms with E-state index in [2.05, 4.69) is 0 Å². The summed E-state index contributed by atoms with van der Waals surface area (Å²) in [4.78, 5) is 14.7. The minimum absolute atomic E-state index is 0.0531. The van der Waals surface area contributed by atoms with Gasteiger partial charge in [0.2, 0.25) is 6.79 Å². The first-order valence-corrected chi connectivity index (χ1v) is 8.35. The Balaban J connectivity index is 1.60. The second kappa shape index (κ2) is 5.77. The largest absolute Gasteiger partial charge is 0.454 e. The van der Waals surface area contributed by atoms with Gasteiger partial charge in [0.15, 0.2) is 11.5 Å². The molecule has 1 fully saturated rings. The van der Waals surface area contributed by atoms with E-state index in [1.165, 1.54) is 12.1 Å². The van der Waals surface area contributed by atoms with Crippen LogP contribution in [-0.4, -0.2) is 29.9 Å². The van der Waals surface area contributed by atoms with Crippen LogP contribution >= 0.6 is 11.8 Å². The molecule has 4 nitrogen and oxygen atoms in total. The Labute approximate surface area is 137 Å². The molecule has 0 aliphatic carbocycles. The van der Waals surface area contributed by atoms with Crippen molar-refractivity contribution in [1.82, 2.24) is 4.90 Å². The molecular formula is C17H14FNO3S. The van der Waals surface area contributed by atoms with E-state index in [0.29, 0.717) is 23.6 Å². The van der Waals surface area contributed by atoms with Gasteiger partial charge in [0, 0.05) is 17.9 Å². The molecule has 118 valence electrons. The Morgan fingerprint density at radius 2 is 1.91 bits per heavy atom. The molecule has 4 rings (SSSR count). The SMILES string of the molecule is O=C(c1ccc2c(c1)OCO2)N1CCS[C@H]1c1ccc(F)cc1. The minimum atomic E-state index is -0.273. The molecule has 2 aromatic rings. The summed E-state index contributed by atoms with van der Waals surface area (Å²) < 4.78 is 23.7. The summed E-state index contributed by atoms with van der Waals surface area (Å²) in [6.45, 7) is 0.852. The first kappa shape index (κ1) is 14.4. The van der Waals surface area contributed by atoms with E-state index < -0.39 is 0 Å². The van der Waals surface area contributed by atoms with Gasteiger partial charge in [-0.15, -0.1) is 11.8 Å². The molecule has 6 heteroatoms. The third kappa shape index (κ3) is 2.63. The number of nitrogens with zero attached hydrogens (tertiary/aromatic N) is 1. The van der Waals surface area contributed by atoms with E-state index >= 15 is 0 Å². The number of fused-ring (bicyclic) bond motifs is 1. The molecule has 2 aliphatic heterocycles. The second-order valence-corrected chi connectivity index (χ2v) is 6.53. The minimum Gasteiger partial charge on any atom is -0.454 e. The molecule has 23 heavy (non-hydrogen) atoms. The number of ether oxygens (including phenoxy) is 2. The van der Waals surface area contributed by atoms with Crippen molar-refractivity contribution in [3.63, 3.8) is 0 Å². The van der Waals surface area contributed by atoms with Gasteiger partial charge in [0.25, 0.3) is 5.91 Å². The van der Waals surface area contributed by atoms with Crippen LogP contribution in [0.15, 0.2) is 42.5 Å². The predicted octanol–water partition coefficient (Wildman–Crippen LogP) is 3.44. The van der Waals surface area contributed by atoms with Gasteiger partial charge in [-0.1, -0.05) is 12.1 Å². The fraction of sp³-hybridized carbons (Fsp3) is 0.235. The van der Waals surface area contributed by atoms with E-state index in [9.17, 15) is 9.18 Å². The average molecular weight is 331 g/mol. The fourth-order valence-corrected chi connectivity index (χ4v) is 4.03. The number of rotatable bonds is 2. The predicted molar refractivity (Wildman–Crippen MR) is 85.2 cm³/mol. The highest BCUT2D eigenvalue weighted by Crippen LogP contribution is 2.40. The van der Waals surface area contributed by atoms with Crippen LogP contribution in [0.3, 0.4) is 0 Å². The number of amides is 1. The number of carbonyl (C=O) groups excluding carboxylic acids is 1. The Morgan fingerprint density at radius 3 is 2.74 bits per heavy atom. The fourth-order valence-electron chi connectivity index (χ4n) is 2.78. The molecule has 0 N–H and O–H groups in total. The summed E-state index contributed by atoms with van der Waals surface area (Å²) >= 11 is 1.68. The highest BCUT2D eigenvalue weighted by Gasteiger charge is 2.32. The zero-order valence-corrected chi connectivity index (χ0v) is 13.0. The van der Waals surface area contributed by atoms with Gasteiger partial charge in [-0.3, -0.25) is 4.79 Å². The molecule has 1 saturated heterocycles. The normalized spacial score (nSPS) is 19.2. The highest BCUT2D eigenvalue weighted by molar-refractivity contribution is 7.99. The van der Waals surface area contributed by atoms with Crippen molar-refractivity contribution in [2.75, 3.05) is 19.1 Å². The maximum atomic E-state index is 13.1. The summed E-state index contributed by atoms with van der Waals surface area (Å²) in [7, 11) is 0. The van der Waals surface area contributed by atoms with Crippen LogP contribution in [0.25, 0.3) is 0 Å². The van der Waals surface area contributed by atoms with Crippen molar-refractivity contribution >= 4 is 17.7 Å². The van der Waals surface area contributed by atoms with Crippen molar-refractivity contribution in [1.29, 1.82) is 0 Å². The third-order valence-electron chi connectivity index (χ3n) is 3.93. The monoisotopic (exact) mass is 331 g/mol. The summed E-state index contributed by atoms with van der Waals surface area (Å²) in [5.74, 6) is 1.79. The molecule has 1 amide bonds. The number of thioether (sulfide) groups is 1. The molecule has 0 spiro atoms. The van der Waals surface area contributed by atoms with Gasteiger partial charge in [-0.2, -0.15) is 0 Å². The molecule has 0 aromatic heterocycles. The lowest BCUT2D eigenvalue weighted by atomic mass is 10.1. The summed E-state index contributed by atoms with van der Waals surface area (Å²) in [6.07, 6.45) is 0. The second-order valence-electron chi connectivity index (χ2n) is 5.34. The van der Waals surface area contributed by atoms with Gasteiger partial charge in [-0.05, 0) is 35.9 Å². The topological polar surface area (TPSA) is 38.8 Å². The first-order valence-electron chi connectivity index (χ1n) is 7.30. The average Bonchev–Trinajstić information content (AvgIpc) is 3.23. The van der Waals surface area contributed by atoms with Crippen molar-refractivity contribution in [2.24, 2.45) is 0 Å². The first-order chi connectivity index (χ1) is 11.2. The maximum absolute atomic E-state index is 13.1. The number of hydrogen-bond acceptors (Lipinski definition) is 4. The molecule has 2 aliphatic rings. The van der Waals surface area contributed by atoms with Crippen molar-refractivity contribution in [2.45, 2.75) is 5.37 Å². The van der Waals surface area contributed by atoms with Crippen LogP contribution in [-0.2, 0) is 0 Å². The maximum Gasteiger partial charge on any atom is 0.255 e. The molecular weight excluding hydrogens is 317 g/mol. The number of hydrogen-bond donors (Lipinski definition) is 0. The van der Waals surface area contributed by atoms with E-state index in [1.54, 1.807) is 42.1 Å². The molecule has 2 heterocycles. The van der Waals surface area contributed by atoms with Crippen LogP contribution in [0.1, 0.15) is 21.3 Å².